The van der Waals surface area contributed by atoms with Gasteiger partial charge in [0, 0.05) is 11.8 Å². The van der Waals surface area contributed by atoms with Gasteiger partial charge in [-0.15, -0.1) is 0 Å². The van der Waals surface area contributed by atoms with Crippen molar-refractivity contribution in [1.29, 1.82) is 0 Å². The number of halogens is 1. The maximum absolute atomic E-state index is 13.7. The average molecular weight is 361 g/mol. The molecule has 7 nitrogen and oxygen atoms in total. The van der Waals surface area contributed by atoms with E-state index in [-0.39, 0.29) is 18.1 Å². The molecule has 0 bridgehead atoms. The van der Waals surface area contributed by atoms with Crippen molar-refractivity contribution in [3.05, 3.63) is 47.8 Å². The van der Waals surface area contributed by atoms with Crippen LogP contribution in [0.15, 0.2) is 36.4 Å². The zero-order valence-electron chi connectivity index (χ0n) is 14.1. The summed E-state index contributed by atoms with van der Waals surface area (Å²) < 4.78 is 34.0. The maximum atomic E-state index is 13.7. The lowest BCUT2D eigenvalue weighted by atomic mass is 10.2. The minimum Gasteiger partial charge on any atom is -0.494 e. The van der Waals surface area contributed by atoms with Crippen LogP contribution >= 0.6 is 0 Å². The zero-order chi connectivity index (χ0) is 18.7. The number of anilines is 1. The number of fused-ring (bicyclic) bond motifs is 1. The van der Waals surface area contributed by atoms with E-state index < -0.39 is 23.8 Å². The van der Waals surface area contributed by atoms with Crippen LogP contribution in [0, 0.1) is 5.82 Å². The van der Waals surface area contributed by atoms with Gasteiger partial charge >= 0.3 is 5.97 Å². The molecule has 1 aliphatic heterocycles. The Morgan fingerprint density at radius 2 is 1.92 bits per heavy atom. The van der Waals surface area contributed by atoms with Gasteiger partial charge in [-0.25, -0.2) is 9.18 Å². The minimum atomic E-state index is -1.09. The summed E-state index contributed by atoms with van der Waals surface area (Å²) in [5.74, 6) is -0.939. The molecule has 2 aromatic rings. The van der Waals surface area contributed by atoms with Crippen LogP contribution in [-0.4, -0.2) is 31.9 Å². The first-order valence-corrected chi connectivity index (χ1v) is 7.73. The van der Waals surface area contributed by atoms with Gasteiger partial charge in [0.15, 0.2) is 29.2 Å². The smallest absolute Gasteiger partial charge is 0.339 e. The Kier molecular flexibility index (Phi) is 4.92. The number of rotatable bonds is 5. The molecular weight excluding hydrogens is 345 g/mol. The third-order valence-electron chi connectivity index (χ3n) is 3.68. The lowest BCUT2D eigenvalue weighted by molar-refractivity contribution is -0.123. The topological polar surface area (TPSA) is 83.1 Å². The second kappa shape index (κ2) is 7.30. The third kappa shape index (κ3) is 3.69. The first-order valence-electron chi connectivity index (χ1n) is 7.73. The second-order valence-electron chi connectivity index (χ2n) is 5.45. The highest BCUT2D eigenvalue weighted by atomic mass is 19.1. The number of ether oxygens (including phenoxy) is 4. The van der Waals surface area contributed by atoms with E-state index in [1.807, 2.05) is 0 Å². The van der Waals surface area contributed by atoms with Gasteiger partial charge in [-0.05, 0) is 37.3 Å². The number of hydrogen-bond acceptors (Lipinski definition) is 6. The predicted octanol–water partition coefficient (Wildman–Crippen LogP) is 2.75. The standard InChI is InChI=1S/C18H16FNO6/c1-10(26-18(22)11-3-5-14(23-2)13(19)7-11)17(21)20-12-4-6-15-16(8-12)25-9-24-15/h3-8,10H,9H2,1-2H3,(H,20,21)/t10-/m1/s1. The van der Waals surface area contributed by atoms with Crippen molar-refractivity contribution in [2.24, 2.45) is 0 Å². The number of benzene rings is 2. The van der Waals surface area contributed by atoms with E-state index in [0.717, 1.165) is 6.07 Å². The molecule has 0 saturated carbocycles. The maximum Gasteiger partial charge on any atom is 0.339 e. The molecule has 1 atom stereocenters. The molecular formula is C18H16FNO6. The summed E-state index contributed by atoms with van der Waals surface area (Å²) in [6.07, 6.45) is -1.09. The van der Waals surface area contributed by atoms with Gasteiger partial charge in [-0.1, -0.05) is 0 Å². The quantitative estimate of drug-likeness (QED) is 0.825. The molecule has 26 heavy (non-hydrogen) atoms. The normalized spacial score (nSPS) is 13.0. The van der Waals surface area contributed by atoms with Crippen molar-refractivity contribution in [2.75, 3.05) is 19.2 Å². The predicted molar refractivity (Wildman–Crippen MR) is 89.0 cm³/mol. The number of carbonyl (C=O) groups excluding carboxylic acids is 2. The number of esters is 1. The van der Waals surface area contributed by atoms with E-state index in [1.54, 1.807) is 18.2 Å². The van der Waals surface area contributed by atoms with Crippen molar-refractivity contribution in [1.82, 2.24) is 0 Å². The summed E-state index contributed by atoms with van der Waals surface area (Å²) in [6.45, 7) is 1.54. The Labute approximate surface area is 148 Å². The number of methoxy groups -OCH3 is 1. The minimum absolute atomic E-state index is 0.00940. The number of carbonyl (C=O) groups is 2. The first-order chi connectivity index (χ1) is 12.5. The van der Waals surface area contributed by atoms with Crippen LogP contribution in [0.5, 0.6) is 17.2 Å². The van der Waals surface area contributed by atoms with E-state index in [2.05, 4.69) is 5.32 Å². The summed E-state index contributed by atoms with van der Waals surface area (Å²) in [6, 6.07) is 8.56. The molecule has 1 aliphatic rings. The van der Waals surface area contributed by atoms with E-state index >= 15 is 0 Å². The molecule has 0 saturated heterocycles. The SMILES string of the molecule is COc1ccc(C(=O)O[C@H](C)C(=O)Nc2ccc3c(c2)OCO3)cc1F. The summed E-state index contributed by atoms with van der Waals surface area (Å²) in [5, 5.41) is 2.61. The lowest BCUT2D eigenvalue weighted by Gasteiger charge is -2.14. The highest BCUT2D eigenvalue weighted by Crippen LogP contribution is 2.34. The Balaban J connectivity index is 1.61. The van der Waals surface area contributed by atoms with Gasteiger partial charge in [-0.3, -0.25) is 4.79 Å². The van der Waals surface area contributed by atoms with Gasteiger partial charge in [-0.2, -0.15) is 0 Å². The van der Waals surface area contributed by atoms with E-state index in [9.17, 15) is 14.0 Å². The second-order valence-corrected chi connectivity index (χ2v) is 5.45. The fraction of sp³-hybridized carbons (Fsp3) is 0.222. The number of nitrogens with one attached hydrogen (secondary N) is 1. The molecule has 136 valence electrons. The zero-order valence-corrected chi connectivity index (χ0v) is 14.1. The highest BCUT2D eigenvalue weighted by molar-refractivity contribution is 5.97. The Bertz CT molecular complexity index is 854. The molecule has 8 heteroatoms. The van der Waals surface area contributed by atoms with Gasteiger partial charge in [0.2, 0.25) is 6.79 Å². The van der Waals surface area contributed by atoms with Crippen LogP contribution in [0.3, 0.4) is 0 Å². The molecule has 0 aliphatic carbocycles. The van der Waals surface area contributed by atoms with Crippen LogP contribution < -0.4 is 19.5 Å². The molecule has 1 amide bonds. The summed E-state index contributed by atoms with van der Waals surface area (Å²) in [5.41, 5.74) is 0.448. The van der Waals surface area contributed by atoms with Crippen LogP contribution in [0.1, 0.15) is 17.3 Å². The molecule has 1 N–H and O–H groups in total. The average Bonchev–Trinajstić information content (AvgIpc) is 3.09. The molecule has 3 rings (SSSR count). The van der Waals surface area contributed by atoms with Crippen LogP contribution in [0.4, 0.5) is 10.1 Å². The van der Waals surface area contributed by atoms with Crippen molar-refractivity contribution in [3.8, 4) is 17.2 Å². The molecule has 0 spiro atoms. The largest absolute Gasteiger partial charge is 0.494 e. The Morgan fingerprint density at radius 3 is 2.65 bits per heavy atom. The first kappa shape index (κ1) is 17.5. The molecule has 2 aromatic carbocycles. The molecule has 0 fully saturated rings. The van der Waals surface area contributed by atoms with Crippen LogP contribution in [0.2, 0.25) is 0 Å². The molecule has 0 unspecified atom stereocenters. The van der Waals surface area contributed by atoms with Crippen molar-refractivity contribution >= 4 is 17.6 Å². The highest BCUT2D eigenvalue weighted by Gasteiger charge is 2.21. The van der Waals surface area contributed by atoms with Crippen molar-refractivity contribution < 1.29 is 32.9 Å². The van der Waals surface area contributed by atoms with E-state index in [4.69, 9.17) is 18.9 Å². The van der Waals surface area contributed by atoms with E-state index in [1.165, 1.54) is 26.2 Å². The number of amides is 1. The molecule has 1 heterocycles. The van der Waals surface area contributed by atoms with Crippen molar-refractivity contribution in [3.63, 3.8) is 0 Å². The Morgan fingerprint density at radius 1 is 1.15 bits per heavy atom. The summed E-state index contributed by atoms with van der Waals surface area (Å²) >= 11 is 0. The molecule has 0 radical (unpaired) electrons. The molecule has 0 aromatic heterocycles. The summed E-state index contributed by atoms with van der Waals surface area (Å²) in [4.78, 5) is 24.3. The van der Waals surface area contributed by atoms with Crippen LogP contribution in [0.25, 0.3) is 0 Å². The van der Waals surface area contributed by atoms with Gasteiger partial charge in [0.1, 0.15) is 0 Å². The van der Waals surface area contributed by atoms with Gasteiger partial charge < -0.3 is 24.3 Å². The Hall–Kier alpha value is -3.29. The number of hydrogen-bond donors (Lipinski definition) is 1. The third-order valence-corrected chi connectivity index (χ3v) is 3.68. The van der Waals surface area contributed by atoms with Gasteiger partial charge in [0.05, 0.1) is 12.7 Å². The van der Waals surface area contributed by atoms with Gasteiger partial charge in [0.25, 0.3) is 5.91 Å². The lowest BCUT2D eigenvalue weighted by Crippen LogP contribution is -2.30. The fourth-order valence-corrected chi connectivity index (χ4v) is 2.29. The van der Waals surface area contributed by atoms with Crippen molar-refractivity contribution in [2.45, 2.75) is 13.0 Å². The fourth-order valence-electron chi connectivity index (χ4n) is 2.29. The monoisotopic (exact) mass is 361 g/mol. The van der Waals surface area contributed by atoms with Crippen LogP contribution in [-0.2, 0) is 9.53 Å². The summed E-state index contributed by atoms with van der Waals surface area (Å²) in [7, 11) is 1.32. The van der Waals surface area contributed by atoms with E-state index in [0.29, 0.717) is 17.2 Å².